The smallest absolute Gasteiger partial charge is 0.262 e. The van der Waals surface area contributed by atoms with Crippen molar-refractivity contribution < 1.29 is 9.90 Å². The van der Waals surface area contributed by atoms with Crippen LogP contribution in [-0.4, -0.2) is 26.6 Å². The number of carbonyl (C=O) groups excluding carboxylic acids is 1. The van der Waals surface area contributed by atoms with Crippen LogP contribution in [-0.2, 0) is 11.3 Å². The van der Waals surface area contributed by atoms with Gasteiger partial charge < -0.3 is 10.4 Å². The molecule has 0 bridgehead atoms. The number of nitrogens with one attached hydrogen (secondary N) is 1. The highest BCUT2D eigenvalue weighted by Gasteiger charge is 2.16. The van der Waals surface area contributed by atoms with Crippen molar-refractivity contribution in [3.8, 4) is 17.1 Å². The van der Waals surface area contributed by atoms with Gasteiger partial charge >= 0.3 is 0 Å². The van der Waals surface area contributed by atoms with E-state index >= 15 is 0 Å². The Morgan fingerprint density at radius 2 is 2.04 bits per heavy atom. The summed E-state index contributed by atoms with van der Waals surface area (Å²) in [6.07, 6.45) is 0. The van der Waals surface area contributed by atoms with Crippen LogP contribution in [0.4, 0.5) is 0 Å². The highest BCUT2D eigenvalue weighted by molar-refractivity contribution is 6.30. The van der Waals surface area contributed by atoms with Gasteiger partial charge in [-0.3, -0.25) is 14.2 Å². The van der Waals surface area contributed by atoms with Gasteiger partial charge in [0.15, 0.2) is 0 Å². The first-order valence-corrected chi connectivity index (χ1v) is 8.52. The van der Waals surface area contributed by atoms with Crippen LogP contribution in [0, 0.1) is 0 Å². The monoisotopic (exact) mass is 371 g/mol. The maximum absolute atomic E-state index is 13.0. The molecular weight excluding hydrogens is 354 g/mol. The van der Waals surface area contributed by atoms with E-state index in [0.29, 0.717) is 21.9 Å². The molecule has 0 fully saturated rings. The molecule has 1 aromatic heterocycles. The highest BCUT2D eigenvalue weighted by Crippen LogP contribution is 2.23. The molecule has 0 saturated carbocycles. The van der Waals surface area contributed by atoms with Crippen molar-refractivity contribution in [3.05, 3.63) is 57.8 Å². The third-order valence-corrected chi connectivity index (χ3v) is 4.01. The lowest BCUT2D eigenvalue weighted by atomic mass is 10.1. The minimum atomic E-state index is -0.403. The summed E-state index contributed by atoms with van der Waals surface area (Å²) in [6, 6.07) is 11.3. The molecule has 0 unspecified atom stereocenters. The molecule has 1 amide bonds. The van der Waals surface area contributed by atoms with Crippen molar-refractivity contribution in [1.82, 2.24) is 14.9 Å². The van der Waals surface area contributed by atoms with E-state index in [2.05, 4.69) is 10.3 Å². The zero-order chi connectivity index (χ0) is 18.8. The largest absolute Gasteiger partial charge is 0.508 e. The number of carbonyl (C=O) groups is 1. The van der Waals surface area contributed by atoms with Crippen molar-refractivity contribution in [2.45, 2.75) is 26.4 Å². The SMILES string of the molecule is CC(C)NC(=O)Cn1c(-c2cccc(Cl)c2)nc2ccc(O)cc2c1=O. The Labute approximate surface area is 155 Å². The van der Waals surface area contributed by atoms with Gasteiger partial charge in [0.05, 0.1) is 10.9 Å². The molecule has 3 aromatic rings. The molecule has 0 saturated heterocycles. The molecule has 6 nitrogen and oxygen atoms in total. The summed E-state index contributed by atoms with van der Waals surface area (Å²) in [7, 11) is 0. The van der Waals surface area contributed by atoms with Crippen molar-refractivity contribution in [2.24, 2.45) is 0 Å². The van der Waals surface area contributed by atoms with Crippen LogP contribution in [0.15, 0.2) is 47.3 Å². The first kappa shape index (κ1) is 17.9. The predicted molar refractivity (Wildman–Crippen MR) is 101 cm³/mol. The molecule has 7 heteroatoms. The van der Waals surface area contributed by atoms with Gasteiger partial charge in [-0.25, -0.2) is 4.98 Å². The fourth-order valence-electron chi connectivity index (χ4n) is 2.71. The number of aromatic nitrogens is 2. The Bertz CT molecular complexity index is 1040. The summed E-state index contributed by atoms with van der Waals surface area (Å²) in [5, 5.41) is 13.2. The van der Waals surface area contributed by atoms with E-state index in [4.69, 9.17) is 11.6 Å². The van der Waals surface area contributed by atoms with E-state index in [-0.39, 0.29) is 29.6 Å². The summed E-state index contributed by atoms with van der Waals surface area (Å²) < 4.78 is 1.30. The van der Waals surface area contributed by atoms with Gasteiger partial charge in [-0.1, -0.05) is 23.7 Å². The number of fused-ring (bicyclic) bond motifs is 1. The maximum atomic E-state index is 13.0. The normalized spacial score (nSPS) is 11.1. The minimum Gasteiger partial charge on any atom is -0.508 e. The summed E-state index contributed by atoms with van der Waals surface area (Å²) in [6.45, 7) is 3.50. The van der Waals surface area contributed by atoms with Crippen LogP contribution in [0.1, 0.15) is 13.8 Å². The molecule has 2 N–H and O–H groups in total. The van der Waals surface area contributed by atoms with Gasteiger partial charge in [0, 0.05) is 16.6 Å². The second kappa shape index (κ2) is 7.17. The van der Waals surface area contributed by atoms with Gasteiger partial charge in [-0.15, -0.1) is 0 Å². The maximum Gasteiger partial charge on any atom is 0.262 e. The quantitative estimate of drug-likeness (QED) is 0.738. The first-order valence-electron chi connectivity index (χ1n) is 8.14. The van der Waals surface area contributed by atoms with E-state index in [1.165, 1.54) is 16.7 Å². The van der Waals surface area contributed by atoms with Crippen LogP contribution < -0.4 is 10.9 Å². The lowest BCUT2D eigenvalue weighted by molar-refractivity contribution is -0.122. The summed E-state index contributed by atoms with van der Waals surface area (Å²) in [5.41, 5.74) is 0.657. The average molecular weight is 372 g/mol. The van der Waals surface area contributed by atoms with E-state index in [1.807, 2.05) is 13.8 Å². The Hall–Kier alpha value is -2.86. The third-order valence-electron chi connectivity index (χ3n) is 3.77. The van der Waals surface area contributed by atoms with Crippen LogP contribution in [0.25, 0.3) is 22.3 Å². The summed E-state index contributed by atoms with van der Waals surface area (Å²) >= 11 is 6.07. The van der Waals surface area contributed by atoms with Gasteiger partial charge in [-0.2, -0.15) is 0 Å². The number of hydrogen-bond acceptors (Lipinski definition) is 4. The molecule has 26 heavy (non-hydrogen) atoms. The number of aromatic hydroxyl groups is 1. The van der Waals surface area contributed by atoms with Crippen molar-refractivity contribution in [2.75, 3.05) is 0 Å². The Morgan fingerprint density at radius 1 is 1.27 bits per heavy atom. The zero-order valence-corrected chi connectivity index (χ0v) is 15.1. The molecule has 134 valence electrons. The fourth-order valence-corrected chi connectivity index (χ4v) is 2.91. The van der Waals surface area contributed by atoms with Crippen LogP contribution >= 0.6 is 11.6 Å². The van der Waals surface area contributed by atoms with E-state index in [0.717, 1.165) is 0 Å². The number of rotatable bonds is 4. The van der Waals surface area contributed by atoms with Gasteiger partial charge in [0.2, 0.25) is 5.91 Å². The fraction of sp³-hybridized carbons (Fsp3) is 0.211. The van der Waals surface area contributed by atoms with Gasteiger partial charge in [0.1, 0.15) is 18.1 Å². The Morgan fingerprint density at radius 3 is 2.73 bits per heavy atom. The number of amides is 1. The molecule has 0 aliphatic heterocycles. The molecule has 0 radical (unpaired) electrons. The third kappa shape index (κ3) is 3.70. The van der Waals surface area contributed by atoms with E-state index in [1.54, 1.807) is 30.3 Å². The van der Waals surface area contributed by atoms with Crippen molar-refractivity contribution >= 4 is 28.4 Å². The molecular formula is C19H18ClN3O3. The average Bonchev–Trinajstić information content (AvgIpc) is 2.57. The lowest BCUT2D eigenvalue weighted by Crippen LogP contribution is -2.37. The zero-order valence-electron chi connectivity index (χ0n) is 14.4. The molecule has 2 aromatic carbocycles. The van der Waals surface area contributed by atoms with E-state index < -0.39 is 5.56 Å². The standard InChI is InChI=1S/C19H18ClN3O3/c1-11(2)21-17(25)10-23-18(12-4-3-5-13(20)8-12)22-16-7-6-14(24)9-15(16)19(23)26/h3-9,11,24H,10H2,1-2H3,(H,21,25). The summed E-state index contributed by atoms with van der Waals surface area (Å²) in [4.78, 5) is 29.8. The topological polar surface area (TPSA) is 84.2 Å². The highest BCUT2D eigenvalue weighted by atomic mass is 35.5. The van der Waals surface area contributed by atoms with Crippen LogP contribution in [0.3, 0.4) is 0 Å². The first-order chi connectivity index (χ1) is 12.3. The van der Waals surface area contributed by atoms with Crippen LogP contribution in [0.5, 0.6) is 5.75 Å². The number of nitrogens with zero attached hydrogens (tertiary/aromatic N) is 2. The number of benzene rings is 2. The second-order valence-corrected chi connectivity index (χ2v) is 6.70. The van der Waals surface area contributed by atoms with E-state index in [9.17, 15) is 14.7 Å². The minimum absolute atomic E-state index is 0.0370. The van der Waals surface area contributed by atoms with Crippen molar-refractivity contribution in [1.29, 1.82) is 0 Å². The molecule has 0 spiro atoms. The van der Waals surface area contributed by atoms with Gasteiger partial charge in [-0.05, 0) is 44.2 Å². The predicted octanol–water partition coefficient (Wildman–Crippen LogP) is 2.95. The molecule has 0 aliphatic rings. The number of hydrogen-bond donors (Lipinski definition) is 2. The number of phenols is 1. The molecule has 0 aliphatic carbocycles. The second-order valence-electron chi connectivity index (χ2n) is 6.26. The molecule has 0 atom stereocenters. The number of phenolic OH excluding ortho intramolecular Hbond substituents is 1. The van der Waals surface area contributed by atoms with Crippen molar-refractivity contribution in [3.63, 3.8) is 0 Å². The van der Waals surface area contributed by atoms with Crippen LogP contribution in [0.2, 0.25) is 5.02 Å². The molecule has 1 heterocycles. The summed E-state index contributed by atoms with van der Waals surface area (Å²) in [5.74, 6) is 0.00589. The molecule has 3 rings (SSSR count). The Kier molecular flexibility index (Phi) is 4.95. The number of halogens is 1. The Balaban J connectivity index is 2.23. The lowest BCUT2D eigenvalue weighted by Gasteiger charge is -2.15. The van der Waals surface area contributed by atoms with Gasteiger partial charge in [0.25, 0.3) is 5.56 Å².